The fraction of sp³-hybridized carbons (Fsp3) is 0.439. The molecule has 0 amide bonds. The maximum atomic E-state index is 3.65. The highest BCUT2D eigenvalue weighted by Gasteiger charge is 2.37. The van der Waals surface area contributed by atoms with Crippen LogP contribution in [0, 0.1) is 18.8 Å². The number of nitrogens with one attached hydrogen (secondary N) is 1. The zero-order valence-corrected chi connectivity index (χ0v) is 38.5. The van der Waals surface area contributed by atoms with E-state index in [4.69, 9.17) is 0 Å². The molecule has 310 valence electrons. The van der Waals surface area contributed by atoms with Crippen molar-refractivity contribution in [1.29, 1.82) is 0 Å². The molecule has 0 radical (unpaired) electrons. The molecule has 2 heterocycles. The van der Waals surface area contributed by atoms with Gasteiger partial charge in [0.25, 0.3) is 0 Å². The first-order valence-electron chi connectivity index (χ1n) is 23.5. The number of allylic oxidation sites excluding steroid dienone is 16. The molecule has 0 saturated heterocycles. The molecule has 59 heavy (non-hydrogen) atoms. The van der Waals surface area contributed by atoms with Crippen molar-refractivity contribution in [3.8, 4) is 11.1 Å². The first-order valence-corrected chi connectivity index (χ1v) is 24.3. The van der Waals surface area contributed by atoms with E-state index in [9.17, 15) is 0 Å². The molecule has 2 heteroatoms. The van der Waals surface area contributed by atoms with Gasteiger partial charge in [0.15, 0.2) is 0 Å². The Morgan fingerprint density at radius 1 is 0.780 bits per heavy atom. The molecule has 1 aliphatic heterocycles. The lowest BCUT2D eigenvalue weighted by Crippen LogP contribution is -2.18. The predicted molar refractivity (Wildman–Crippen MR) is 261 cm³/mol. The van der Waals surface area contributed by atoms with Crippen LogP contribution in [0.15, 0.2) is 130 Å². The minimum absolute atomic E-state index is 0.0939. The van der Waals surface area contributed by atoms with E-state index in [1.54, 1.807) is 33.4 Å². The van der Waals surface area contributed by atoms with E-state index in [0.717, 1.165) is 18.9 Å². The molecule has 0 fully saturated rings. The highest BCUT2D eigenvalue weighted by Crippen LogP contribution is 2.54. The maximum absolute atomic E-state index is 3.65. The van der Waals surface area contributed by atoms with Gasteiger partial charge >= 0.3 is 0 Å². The summed E-state index contributed by atoms with van der Waals surface area (Å²) in [5.41, 5.74) is 20.2. The third kappa shape index (κ3) is 9.00. The van der Waals surface area contributed by atoms with Crippen LogP contribution in [-0.2, 0) is 11.8 Å². The Kier molecular flexibility index (Phi) is 14.2. The van der Waals surface area contributed by atoms with Crippen molar-refractivity contribution in [2.45, 2.75) is 144 Å². The zero-order valence-electron chi connectivity index (χ0n) is 37.7. The lowest BCUT2D eigenvalue weighted by atomic mass is 9.81. The van der Waals surface area contributed by atoms with Crippen LogP contribution < -0.4 is 5.32 Å². The van der Waals surface area contributed by atoms with Gasteiger partial charge in [-0.25, -0.2) is 0 Å². The summed E-state index contributed by atoms with van der Waals surface area (Å²) in [6.07, 6.45) is 42.2. The van der Waals surface area contributed by atoms with Crippen LogP contribution in [0.1, 0.15) is 153 Å². The lowest BCUT2D eigenvalue weighted by Gasteiger charge is -2.25. The van der Waals surface area contributed by atoms with Crippen molar-refractivity contribution in [3.63, 3.8) is 0 Å². The third-order valence-electron chi connectivity index (χ3n) is 13.7. The Labute approximate surface area is 362 Å². The fourth-order valence-corrected chi connectivity index (χ4v) is 11.8. The van der Waals surface area contributed by atoms with Crippen molar-refractivity contribution in [1.82, 2.24) is 5.32 Å². The Hall–Kier alpha value is -4.14. The first-order chi connectivity index (χ1) is 28.8. The second kappa shape index (κ2) is 19.5. The monoisotopic (exact) mass is 802 g/mol. The summed E-state index contributed by atoms with van der Waals surface area (Å²) < 4.78 is 1.50. The third-order valence-corrected chi connectivity index (χ3v) is 14.9. The van der Waals surface area contributed by atoms with Crippen molar-refractivity contribution < 1.29 is 0 Å². The highest BCUT2D eigenvalue weighted by atomic mass is 32.1. The van der Waals surface area contributed by atoms with E-state index in [1.165, 1.54) is 131 Å². The number of thiophene rings is 1. The molecule has 7 aliphatic rings. The number of hydrogen-bond donors (Lipinski definition) is 1. The summed E-state index contributed by atoms with van der Waals surface area (Å²) >= 11 is 2.00. The molecule has 10 rings (SSSR count). The second-order valence-corrected chi connectivity index (χ2v) is 18.7. The van der Waals surface area contributed by atoms with Crippen LogP contribution in [0.3, 0.4) is 0 Å². The molecule has 0 bridgehead atoms. The van der Waals surface area contributed by atoms with Gasteiger partial charge in [0.05, 0.1) is 0 Å². The van der Waals surface area contributed by atoms with Crippen LogP contribution in [0.5, 0.6) is 0 Å². The normalized spacial score (nSPS) is 23.6. The molecule has 2 atom stereocenters. The smallest absolute Gasteiger partial charge is 0.0433 e. The molecular weight excluding hydrogens is 731 g/mol. The van der Waals surface area contributed by atoms with E-state index in [-0.39, 0.29) is 5.41 Å². The van der Waals surface area contributed by atoms with Crippen LogP contribution in [-0.4, -0.2) is 6.54 Å². The van der Waals surface area contributed by atoms with E-state index in [2.05, 4.69) is 130 Å². The minimum atomic E-state index is 0.0939. The molecule has 6 aliphatic carbocycles. The summed E-state index contributed by atoms with van der Waals surface area (Å²) in [7, 11) is 0. The van der Waals surface area contributed by atoms with Crippen molar-refractivity contribution >= 4 is 27.5 Å². The summed E-state index contributed by atoms with van der Waals surface area (Å²) in [5.74, 6) is 1.42. The van der Waals surface area contributed by atoms with Gasteiger partial charge in [-0.1, -0.05) is 151 Å². The molecule has 2 unspecified atom stereocenters. The minimum Gasteiger partial charge on any atom is -0.385 e. The van der Waals surface area contributed by atoms with Gasteiger partial charge < -0.3 is 5.32 Å². The Morgan fingerprint density at radius 3 is 2.49 bits per heavy atom. The molecule has 1 aromatic heterocycles. The van der Waals surface area contributed by atoms with Crippen LogP contribution in [0.4, 0.5) is 0 Å². The summed E-state index contributed by atoms with van der Waals surface area (Å²) in [5, 5.41) is 5.14. The van der Waals surface area contributed by atoms with E-state index < -0.39 is 0 Å². The number of fused-ring (bicyclic) bond motifs is 8. The Balaban J connectivity index is 0.000000167. The highest BCUT2D eigenvalue weighted by molar-refractivity contribution is 7.20. The number of rotatable bonds is 2. The van der Waals surface area contributed by atoms with Gasteiger partial charge in [-0.15, -0.1) is 11.3 Å². The van der Waals surface area contributed by atoms with Gasteiger partial charge in [-0.2, -0.15) is 0 Å². The Bertz CT molecular complexity index is 2300. The van der Waals surface area contributed by atoms with E-state index >= 15 is 0 Å². The Morgan fingerprint density at radius 2 is 1.63 bits per heavy atom. The largest absolute Gasteiger partial charge is 0.385 e. The average Bonchev–Trinajstić information content (AvgIpc) is 3.55. The summed E-state index contributed by atoms with van der Waals surface area (Å²) in [6, 6.07) is 11.8. The predicted octanol–water partition coefficient (Wildman–Crippen LogP) is 16.7. The van der Waals surface area contributed by atoms with Crippen molar-refractivity contribution in [3.05, 3.63) is 157 Å². The van der Waals surface area contributed by atoms with Gasteiger partial charge in [-0.05, 0) is 164 Å². The van der Waals surface area contributed by atoms with E-state index in [0.29, 0.717) is 5.92 Å². The van der Waals surface area contributed by atoms with Crippen molar-refractivity contribution in [2.24, 2.45) is 11.8 Å². The molecule has 0 saturated carbocycles. The SMILES string of the molecule is C1=CC2=C(C3=CCC(C4=CC5=C(CC4)NC/C=C\C=C/C5)CCC3)CCC=C2CC1.CC.CC.Cc1ccc2c(c1)C(C)(C)c1ccc3c4c(sc3c1-2)C=CC(C)CC4. The molecule has 0 spiro atoms. The van der Waals surface area contributed by atoms with Gasteiger partial charge in [-0.3, -0.25) is 0 Å². The van der Waals surface area contributed by atoms with Crippen molar-refractivity contribution in [2.75, 3.05) is 6.54 Å². The maximum Gasteiger partial charge on any atom is 0.0433 e. The fourth-order valence-electron chi connectivity index (χ4n) is 10.5. The molecule has 3 aromatic rings. The summed E-state index contributed by atoms with van der Waals surface area (Å²) in [4.78, 5) is 1.48. The average molecular weight is 802 g/mol. The number of benzene rings is 2. The van der Waals surface area contributed by atoms with Gasteiger partial charge in [0.1, 0.15) is 0 Å². The quantitative estimate of drug-likeness (QED) is 0.272. The second-order valence-electron chi connectivity index (χ2n) is 17.7. The molecule has 2 aromatic carbocycles. The number of aryl methyl sites for hydroxylation is 2. The van der Waals surface area contributed by atoms with Crippen LogP contribution in [0.2, 0.25) is 0 Å². The molecular formula is C57H71NS. The molecule has 1 nitrogen and oxygen atoms in total. The zero-order chi connectivity index (χ0) is 41.5. The van der Waals surface area contributed by atoms with Gasteiger partial charge in [0, 0.05) is 32.8 Å². The number of hydrogen-bond acceptors (Lipinski definition) is 2. The van der Waals surface area contributed by atoms with Crippen LogP contribution in [0.25, 0.3) is 27.3 Å². The standard InChI is InChI=1S/C29H35N.C24H24S.2C2H6/c1-2-6-20-30-29-19-18-25(21-26(29)10-3-1)22-11-7-12-24(17-16-22)28-15-8-13-23-9-4-5-14-27(23)28;1-14-5-8-16-17-10-11-19-22(23(17)25-21(16)12-7-14)18-9-6-15(2)13-20(18)24(19,3)4;2*1-2/h1-3,5-6,13-14,17,21-22,30H,4,7-12,15-16,18-20H2;6-7,9-14H,5,8H2,1-4H3;2*1-2H3/b3-1-,6-2-;;;. The van der Waals surface area contributed by atoms with Gasteiger partial charge in [0.2, 0.25) is 0 Å². The lowest BCUT2D eigenvalue weighted by molar-refractivity contribution is 0.529. The van der Waals surface area contributed by atoms with Crippen LogP contribution >= 0.6 is 11.3 Å². The topological polar surface area (TPSA) is 12.0 Å². The molecule has 1 N–H and O–H groups in total. The summed E-state index contributed by atoms with van der Waals surface area (Å²) in [6.45, 7) is 18.2. The van der Waals surface area contributed by atoms with E-state index in [1.807, 2.05) is 39.0 Å². The first kappa shape index (κ1) is 43.0.